The average Bonchev–Trinajstić information content (AvgIpc) is 3.28. The number of aromatic amines is 2. The number of hydrogen-bond donors (Lipinski definition) is 3. The number of H-pyrrole nitrogens is 2. The van der Waals surface area contributed by atoms with Crippen LogP contribution in [-0.2, 0) is 0 Å². The van der Waals surface area contributed by atoms with Crippen LogP contribution < -0.4 is 15.9 Å². The molecule has 0 amide bonds. The molecule has 0 spiro atoms. The van der Waals surface area contributed by atoms with Gasteiger partial charge in [0.2, 0.25) is 0 Å². The van der Waals surface area contributed by atoms with E-state index in [-0.39, 0.29) is 5.56 Å². The van der Waals surface area contributed by atoms with Gasteiger partial charge < -0.3 is 14.4 Å². The summed E-state index contributed by atoms with van der Waals surface area (Å²) in [6.07, 6.45) is 0. The molecule has 9 nitrogen and oxygen atoms in total. The van der Waals surface area contributed by atoms with E-state index < -0.39 is 23.1 Å². The zero-order valence-corrected chi connectivity index (χ0v) is 17.6. The van der Waals surface area contributed by atoms with Crippen LogP contribution in [0.15, 0.2) is 62.6 Å². The number of methoxy groups -OCH3 is 1. The minimum atomic E-state index is -1.10. The Morgan fingerprint density at radius 2 is 1.78 bits per heavy atom. The lowest BCUT2D eigenvalue weighted by Crippen LogP contribution is -2.23. The number of carboxylic acids is 1. The van der Waals surface area contributed by atoms with E-state index >= 15 is 0 Å². The highest BCUT2D eigenvalue weighted by Gasteiger charge is 2.30. The summed E-state index contributed by atoms with van der Waals surface area (Å²) in [5, 5.41) is 14.9. The van der Waals surface area contributed by atoms with Gasteiger partial charge in [-0.3, -0.25) is 9.89 Å². The van der Waals surface area contributed by atoms with E-state index in [0.29, 0.717) is 39.5 Å². The Kier molecular flexibility index (Phi) is 5.31. The van der Waals surface area contributed by atoms with Crippen molar-refractivity contribution in [2.45, 2.75) is 19.8 Å². The number of aromatic nitrogens is 3. The third kappa shape index (κ3) is 3.53. The molecule has 0 bridgehead atoms. The molecule has 0 aliphatic rings. The topological polar surface area (TPSA) is 130 Å². The first kappa shape index (κ1) is 21.0. The van der Waals surface area contributed by atoms with Crippen LogP contribution in [0.2, 0.25) is 0 Å². The van der Waals surface area contributed by atoms with Crippen LogP contribution in [0.3, 0.4) is 0 Å². The molecule has 32 heavy (non-hydrogen) atoms. The summed E-state index contributed by atoms with van der Waals surface area (Å²) in [5.74, 6) is -1.17. The Hall–Kier alpha value is -4.27. The van der Waals surface area contributed by atoms with Gasteiger partial charge in [-0.2, -0.15) is 0 Å². The maximum Gasteiger partial charge on any atom is 0.361 e. The van der Waals surface area contributed by atoms with E-state index in [0.717, 1.165) is 0 Å². The molecule has 0 saturated heterocycles. The smallest absolute Gasteiger partial charge is 0.361 e. The van der Waals surface area contributed by atoms with Gasteiger partial charge in [0.25, 0.3) is 5.56 Å². The predicted octanol–water partition coefficient (Wildman–Crippen LogP) is 2.95. The van der Waals surface area contributed by atoms with Crippen LogP contribution in [0, 0.1) is 13.8 Å². The number of nitrogens with one attached hydrogen (secondary N) is 2. The Morgan fingerprint density at radius 1 is 1.06 bits per heavy atom. The van der Waals surface area contributed by atoms with Gasteiger partial charge in [0.05, 0.1) is 41.1 Å². The summed E-state index contributed by atoms with van der Waals surface area (Å²) in [7, 11) is 1.55. The number of carbonyl (C=O) groups is 1. The Labute approximate surface area is 181 Å². The zero-order chi connectivity index (χ0) is 23.0. The van der Waals surface area contributed by atoms with Gasteiger partial charge in [-0.15, -0.1) is 0 Å². The number of aryl methyl sites for hydroxylation is 2. The minimum Gasteiger partial charge on any atom is -0.497 e. The number of rotatable bonds is 6. The summed E-state index contributed by atoms with van der Waals surface area (Å²) < 4.78 is 11.5. The van der Waals surface area contributed by atoms with Crippen molar-refractivity contribution in [2.75, 3.05) is 7.11 Å². The lowest BCUT2D eigenvalue weighted by atomic mass is 9.85. The average molecular weight is 435 g/mol. The number of aromatic carboxylic acids is 1. The van der Waals surface area contributed by atoms with Crippen molar-refractivity contribution in [3.05, 3.63) is 103 Å². The van der Waals surface area contributed by atoms with Crippen LogP contribution in [-0.4, -0.2) is 33.1 Å². The van der Waals surface area contributed by atoms with Gasteiger partial charge in [-0.1, -0.05) is 18.2 Å². The summed E-state index contributed by atoms with van der Waals surface area (Å²) in [6, 6.07) is 13.1. The third-order valence-corrected chi connectivity index (χ3v) is 5.42. The Bertz CT molecular complexity index is 1400. The lowest BCUT2D eigenvalue weighted by Gasteiger charge is -2.15. The summed E-state index contributed by atoms with van der Waals surface area (Å²) in [5.41, 5.74) is 1.88. The molecule has 0 radical (unpaired) electrons. The van der Waals surface area contributed by atoms with Gasteiger partial charge in [0, 0.05) is 5.69 Å². The number of nitrogens with zero attached hydrogens (tertiary/aromatic N) is 1. The van der Waals surface area contributed by atoms with E-state index in [1.165, 1.54) is 16.8 Å². The number of ether oxygens (including phenoxy) is 1. The molecule has 164 valence electrons. The largest absolute Gasteiger partial charge is 0.497 e. The SMILES string of the molecule is COc1ccc(C(c2c(C)[nH]oc2=O)c2c(C)[nH]n(-c3cccc(C(=O)O)c3)c2=O)cc1. The van der Waals surface area contributed by atoms with Crippen molar-refractivity contribution in [2.24, 2.45) is 0 Å². The molecule has 0 fully saturated rings. The minimum absolute atomic E-state index is 0.0528. The molecule has 0 aliphatic carbocycles. The Balaban J connectivity index is 1.95. The number of carboxylic acid groups (broad SMARTS) is 1. The van der Waals surface area contributed by atoms with Crippen LogP contribution >= 0.6 is 0 Å². The monoisotopic (exact) mass is 435 g/mol. The highest BCUT2D eigenvalue weighted by atomic mass is 16.5. The molecule has 4 rings (SSSR count). The summed E-state index contributed by atoms with van der Waals surface area (Å²) >= 11 is 0. The lowest BCUT2D eigenvalue weighted by molar-refractivity contribution is 0.0697. The highest BCUT2D eigenvalue weighted by Crippen LogP contribution is 2.32. The predicted molar refractivity (Wildman–Crippen MR) is 116 cm³/mol. The molecule has 1 atom stereocenters. The standard InChI is InChI=1S/C23H21N3O6/c1-12-18(21(27)26(24-12)16-6-4-5-15(11-16)22(28)29)20(19-13(2)25-32-23(19)30)14-7-9-17(31-3)10-8-14/h4-11,20,24-25H,1-3H3,(H,28,29). The first-order valence-electron chi connectivity index (χ1n) is 9.79. The van der Waals surface area contributed by atoms with E-state index in [1.54, 1.807) is 57.4 Å². The Morgan fingerprint density at radius 3 is 2.38 bits per heavy atom. The van der Waals surface area contributed by atoms with Crippen molar-refractivity contribution in [3.8, 4) is 11.4 Å². The van der Waals surface area contributed by atoms with E-state index in [4.69, 9.17) is 9.26 Å². The molecule has 2 heterocycles. The fraction of sp³-hybridized carbons (Fsp3) is 0.174. The fourth-order valence-electron chi connectivity index (χ4n) is 3.85. The van der Waals surface area contributed by atoms with Crippen molar-refractivity contribution >= 4 is 5.97 Å². The van der Waals surface area contributed by atoms with E-state index in [2.05, 4.69) is 10.3 Å². The second kappa shape index (κ2) is 8.10. The molecule has 1 unspecified atom stereocenters. The third-order valence-electron chi connectivity index (χ3n) is 5.42. The van der Waals surface area contributed by atoms with Crippen LogP contribution in [0.4, 0.5) is 0 Å². The molecular formula is C23H21N3O6. The van der Waals surface area contributed by atoms with Gasteiger partial charge in [0.15, 0.2) is 0 Å². The molecule has 4 aromatic rings. The summed E-state index contributed by atoms with van der Waals surface area (Å²) in [6.45, 7) is 3.43. The zero-order valence-electron chi connectivity index (χ0n) is 17.6. The van der Waals surface area contributed by atoms with Crippen molar-refractivity contribution in [1.82, 2.24) is 14.9 Å². The molecule has 0 aliphatic heterocycles. The normalized spacial score (nSPS) is 12.0. The quantitative estimate of drug-likeness (QED) is 0.427. The van der Waals surface area contributed by atoms with Crippen molar-refractivity contribution < 1.29 is 19.2 Å². The molecule has 9 heteroatoms. The van der Waals surface area contributed by atoms with Crippen molar-refractivity contribution in [1.29, 1.82) is 0 Å². The highest BCUT2D eigenvalue weighted by molar-refractivity contribution is 5.88. The molecule has 0 saturated carbocycles. The maximum atomic E-state index is 13.5. The molecule has 2 aromatic heterocycles. The van der Waals surface area contributed by atoms with Gasteiger partial charge in [0.1, 0.15) is 5.75 Å². The second-order valence-corrected chi connectivity index (χ2v) is 7.38. The first-order chi connectivity index (χ1) is 15.3. The molecule has 2 aromatic carbocycles. The van der Waals surface area contributed by atoms with Crippen LogP contribution in [0.25, 0.3) is 5.69 Å². The second-order valence-electron chi connectivity index (χ2n) is 7.38. The fourth-order valence-corrected chi connectivity index (χ4v) is 3.85. The van der Waals surface area contributed by atoms with Crippen LogP contribution in [0.5, 0.6) is 5.75 Å². The van der Waals surface area contributed by atoms with E-state index in [9.17, 15) is 19.5 Å². The molecule has 3 N–H and O–H groups in total. The van der Waals surface area contributed by atoms with Gasteiger partial charge in [-0.25, -0.2) is 19.4 Å². The van der Waals surface area contributed by atoms with Gasteiger partial charge >= 0.3 is 11.6 Å². The van der Waals surface area contributed by atoms with Crippen molar-refractivity contribution in [3.63, 3.8) is 0 Å². The maximum absolute atomic E-state index is 13.5. The number of benzene rings is 2. The van der Waals surface area contributed by atoms with Gasteiger partial charge in [-0.05, 0) is 49.7 Å². The summed E-state index contributed by atoms with van der Waals surface area (Å²) in [4.78, 5) is 37.5. The number of hydrogen-bond acceptors (Lipinski definition) is 5. The van der Waals surface area contributed by atoms with Crippen LogP contribution in [0.1, 0.15) is 44.4 Å². The van der Waals surface area contributed by atoms with E-state index in [1.807, 2.05) is 0 Å². The first-order valence-corrected chi connectivity index (χ1v) is 9.79. The molecular weight excluding hydrogens is 414 g/mol.